The van der Waals surface area contributed by atoms with Crippen LogP contribution in [0.5, 0.6) is 5.75 Å². The Morgan fingerprint density at radius 3 is 2.73 bits per heavy atom. The van der Waals surface area contributed by atoms with Gasteiger partial charge in [0.05, 0.1) is 18.8 Å². The molecule has 110 valence electrons. The fraction of sp³-hybridized carbons (Fsp3) is 0.118. The van der Waals surface area contributed by atoms with Crippen molar-refractivity contribution in [1.82, 2.24) is 9.97 Å². The van der Waals surface area contributed by atoms with Crippen LogP contribution < -0.4 is 10.2 Å². The molecule has 0 saturated heterocycles. The topological polar surface area (TPSA) is 59.4 Å². The van der Waals surface area contributed by atoms with E-state index in [-0.39, 0.29) is 0 Å². The van der Waals surface area contributed by atoms with E-state index in [0.717, 1.165) is 27.8 Å². The molecule has 0 saturated carbocycles. The van der Waals surface area contributed by atoms with Crippen LogP contribution in [0.25, 0.3) is 10.9 Å². The minimum atomic E-state index is 0.698. The summed E-state index contributed by atoms with van der Waals surface area (Å²) in [6.07, 6.45) is 5.19. The maximum atomic E-state index is 5.25. The van der Waals surface area contributed by atoms with Crippen molar-refractivity contribution in [2.45, 2.75) is 6.92 Å². The normalized spacial score (nSPS) is 11.0. The third kappa shape index (κ3) is 3.03. The minimum Gasteiger partial charge on any atom is -0.497 e. The van der Waals surface area contributed by atoms with Crippen LogP contribution in [0.3, 0.4) is 0 Å². The van der Waals surface area contributed by atoms with Crippen LogP contribution in [-0.2, 0) is 0 Å². The van der Waals surface area contributed by atoms with Crippen LogP contribution in [0.4, 0.5) is 5.82 Å². The van der Waals surface area contributed by atoms with Crippen molar-refractivity contribution in [3.05, 3.63) is 59.9 Å². The predicted octanol–water partition coefficient (Wildman–Crippen LogP) is 3.39. The number of nitrogens with zero attached hydrogens (tertiary/aromatic N) is 3. The van der Waals surface area contributed by atoms with E-state index in [1.807, 2.05) is 43.3 Å². The van der Waals surface area contributed by atoms with Gasteiger partial charge in [0.1, 0.15) is 11.6 Å². The van der Waals surface area contributed by atoms with E-state index in [4.69, 9.17) is 4.74 Å². The number of fused-ring (bicyclic) bond motifs is 1. The van der Waals surface area contributed by atoms with Gasteiger partial charge in [-0.15, -0.1) is 0 Å². The first-order valence-corrected chi connectivity index (χ1v) is 6.91. The molecule has 0 bridgehead atoms. The number of pyridine rings is 2. The molecule has 0 aliphatic rings. The zero-order chi connectivity index (χ0) is 15.4. The second-order valence-corrected chi connectivity index (χ2v) is 4.86. The fourth-order valence-electron chi connectivity index (χ4n) is 2.19. The molecule has 0 spiro atoms. The van der Waals surface area contributed by atoms with Gasteiger partial charge in [0.2, 0.25) is 0 Å². The number of anilines is 1. The number of methoxy groups -OCH3 is 1. The SMILES string of the molecule is COc1ccc2c(C)cc(N/N=C\c3ccncc3)nc2c1. The molecule has 0 aliphatic heterocycles. The highest BCUT2D eigenvalue weighted by atomic mass is 16.5. The third-order valence-electron chi connectivity index (χ3n) is 3.32. The van der Waals surface area contributed by atoms with Crippen molar-refractivity contribution in [2.75, 3.05) is 12.5 Å². The number of hydrogen-bond acceptors (Lipinski definition) is 5. The van der Waals surface area contributed by atoms with E-state index in [1.165, 1.54) is 0 Å². The van der Waals surface area contributed by atoms with Gasteiger partial charge in [0, 0.05) is 23.8 Å². The van der Waals surface area contributed by atoms with Gasteiger partial charge in [-0.25, -0.2) is 4.98 Å². The zero-order valence-electron chi connectivity index (χ0n) is 12.4. The monoisotopic (exact) mass is 292 g/mol. The molecule has 2 heterocycles. The summed E-state index contributed by atoms with van der Waals surface area (Å²) >= 11 is 0. The number of aryl methyl sites for hydroxylation is 1. The van der Waals surface area contributed by atoms with Gasteiger partial charge < -0.3 is 4.74 Å². The van der Waals surface area contributed by atoms with E-state index < -0.39 is 0 Å². The van der Waals surface area contributed by atoms with Gasteiger partial charge in [0.15, 0.2) is 0 Å². The Kier molecular flexibility index (Phi) is 3.96. The largest absolute Gasteiger partial charge is 0.497 e. The summed E-state index contributed by atoms with van der Waals surface area (Å²) in [5, 5.41) is 5.31. The molecule has 0 amide bonds. The van der Waals surface area contributed by atoms with Crippen molar-refractivity contribution < 1.29 is 4.74 Å². The van der Waals surface area contributed by atoms with Crippen LogP contribution in [0.15, 0.2) is 53.9 Å². The molecular weight excluding hydrogens is 276 g/mol. The summed E-state index contributed by atoms with van der Waals surface area (Å²) in [4.78, 5) is 8.53. The summed E-state index contributed by atoms with van der Waals surface area (Å²) in [7, 11) is 1.65. The zero-order valence-corrected chi connectivity index (χ0v) is 12.4. The predicted molar refractivity (Wildman–Crippen MR) is 88.5 cm³/mol. The van der Waals surface area contributed by atoms with Gasteiger partial charge in [-0.2, -0.15) is 5.10 Å². The average Bonchev–Trinajstić information content (AvgIpc) is 2.55. The van der Waals surface area contributed by atoms with E-state index in [0.29, 0.717) is 5.82 Å². The van der Waals surface area contributed by atoms with E-state index >= 15 is 0 Å². The smallest absolute Gasteiger partial charge is 0.147 e. The molecule has 0 fully saturated rings. The number of benzene rings is 1. The molecule has 0 atom stereocenters. The van der Waals surface area contributed by atoms with Crippen LogP contribution in [0.1, 0.15) is 11.1 Å². The van der Waals surface area contributed by atoms with Crippen molar-refractivity contribution in [3.63, 3.8) is 0 Å². The Labute approximate surface area is 128 Å². The fourth-order valence-corrected chi connectivity index (χ4v) is 2.19. The number of rotatable bonds is 4. The van der Waals surface area contributed by atoms with Crippen LogP contribution in [0.2, 0.25) is 0 Å². The molecule has 5 heteroatoms. The molecule has 0 unspecified atom stereocenters. The molecule has 22 heavy (non-hydrogen) atoms. The Hall–Kier alpha value is -2.95. The van der Waals surface area contributed by atoms with Crippen molar-refractivity contribution in [1.29, 1.82) is 0 Å². The highest BCUT2D eigenvalue weighted by Crippen LogP contribution is 2.24. The molecule has 5 nitrogen and oxygen atoms in total. The molecule has 0 radical (unpaired) electrons. The van der Waals surface area contributed by atoms with Crippen LogP contribution >= 0.6 is 0 Å². The lowest BCUT2D eigenvalue weighted by Gasteiger charge is -2.07. The molecule has 1 N–H and O–H groups in total. The number of aromatic nitrogens is 2. The standard InChI is InChI=1S/C17H16N4O/c1-12-9-17(21-19-11-13-5-7-18-8-6-13)20-16-10-14(22-2)3-4-15(12)16/h3-11H,1-2H3,(H,20,21)/b19-11-. The number of nitrogens with one attached hydrogen (secondary N) is 1. The lowest BCUT2D eigenvalue weighted by Crippen LogP contribution is -1.96. The molecule has 2 aromatic heterocycles. The molecular formula is C17H16N4O. The third-order valence-corrected chi connectivity index (χ3v) is 3.32. The highest BCUT2D eigenvalue weighted by Gasteiger charge is 2.03. The van der Waals surface area contributed by atoms with E-state index in [1.54, 1.807) is 25.7 Å². The first kappa shape index (κ1) is 14.0. The quantitative estimate of drug-likeness (QED) is 0.591. The van der Waals surface area contributed by atoms with Gasteiger partial charge >= 0.3 is 0 Å². The summed E-state index contributed by atoms with van der Waals surface area (Å²) in [6.45, 7) is 2.05. The summed E-state index contributed by atoms with van der Waals surface area (Å²) in [5.74, 6) is 1.49. The lowest BCUT2D eigenvalue weighted by atomic mass is 10.1. The first-order chi connectivity index (χ1) is 10.8. The van der Waals surface area contributed by atoms with Crippen molar-refractivity contribution >= 4 is 22.9 Å². The number of ether oxygens (including phenoxy) is 1. The van der Waals surface area contributed by atoms with Crippen LogP contribution in [-0.4, -0.2) is 23.3 Å². The van der Waals surface area contributed by atoms with E-state index in [9.17, 15) is 0 Å². The highest BCUT2D eigenvalue weighted by molar-refractivity contribution is 5.85. The van der Waals surface area contributed by atoms with Gasteiger partial charge in [-0.1, -0.05) is 0 Å². The second kappa shape index (κ2) is 6.22. The maximum Gasteiger partial charge on any atom is 0.147 e. The lowest BCUT2D eigenvalue weighted by molar-refractivity contribution is 0.415. The summed E-state index contributed by atoms with van der Waals surface area (Å²) < 4.78 is 5.25. The second-order valence-electron chi connectivity index (χ2n) is 4.86. The Morgan fingerprint density at radius 1 is 1.14 bits per heavy atom. The molecule has 0 aliphatic carbocycles. The first-order valence-electron chi connectivity index (χ1n) is 6.91. The Balaban J connectivity index is 1.86. The van der Waals surface area contributed by atoms with Gasteiger partial charge in [0.25, 0.3) is 0 Å². The maximum absolute atomic E-state index is 5.25. The molecule has 3 rings (SSSR count). The van der Waals surface area contributed by atoms with Gasteiger partial charge in [-0.05, 0) is 48.4 Å². The number of hydrazone groups is 1. The van der Waals surface area contributed by atoms with Crippen molar-refractivity contribution in [2.24, 2.45) is 5.10 Å². The van der Waals surface area contributed by atoms with Crippen molar-refractivity contribution in [3.8, 4) is 5.75 Å². The average molecular weight is 292 g/mol. The Bertz CT molecular complexity index is 816. The van der Waals surface area contributed by atoms with Crippen LogP contribution in [0, 0.1) is 6.92 Å². The van der Waals surface area contributed by atoms with E-state index in [2.05, 4.69) is 20.5 Å². The van der Waals surface area contributed by atoms with Gasteiger partial charge in [-0.3, -0.25) is 10.4 Å². The number of hydrogen-bond donors (Lipinski definition) is 1. The summed E-state index contributed by atoms with van der Waals surface area (Å²) in [6, 6.07) is 11.6. The summed E-state index contributed by atoms with van der Waals surface area (Å²) in [5.41, 5.74) is 5.94. The molecule has 1 aromatic carbocycles. The minimum absolute atomic E-state index is 0.698. The Morgan fingerprint density at radius 2 is 1.95 bits per heavy atom. The molecule has 3 aromatic rings.